The fourth-order valence-electron chi connectivity index (χ4n) is 1.65. The second-order valence-electron chi connectivity index (χ2n) is 3.40. The van der Waals surface area contributed by atoms with Crippen LogP contribution < -0.4 is 5.73 Å². The van der Waals surface area contributed by atoms with Crippen molar-refractivity contribution in [3.8, 4) is 0 Å². The minimum Gasteiger partial charge on any atom is -0.378 e. The molecule has 0 saturated carbocycles. The molecule has 0 spiro atoms. The van der Waals surface area contributed by atoms with E-state index in [9.17, 15) is 4.79 Å². The second-order valence-corrected chi connectivity index (χ2v) is 4.32. The summed E-state index contributed by atoms with van der Waals surface area (Å²) in [5, 5.41) is 2.91. The number of carbonyl (C=O) groups is 1. The van der Waals surface area contributed by atoms with Gasteiger partial charge in [0.1, 0.15) is 5.01 Å². The summed E-state index contributed by atoms with van der Waals surface area (Å²) in [4.78, 5) is 17.2. The van der Waals surface area contributed by atoms with Crippen molar-refractivity contribution in [3.05, 3.63) is 16.6 Å². The van der Waals surface area contributed by atoms with Gasteiger partial charge in [0.15, 0.2) is 0 Å². The van der Waals surface area contributed by atoms with E-state index in [1.165, 1.54) is 0 Å². The number of nitrogens with zero attached hydrogens (tertiary/aromatic N) is 2. The van der Waals surface area contributed by atoms with E-state index in [1.807, 2.05) is 10.3 Å². The Morgan fingerprint density at radius 3 is 3.33 bits per heavy atom. The summed E-state index contributed by atoms with van der Waals surface area (Å²) in [5.74, 6) is -0.307. The van der Waals surface area contributed by atoms with Crippen LogP contribution in [0.2, 0.25) is 0 Å². The largest absolute Gasteiger partial charge is 0.378 e. The normalized spacial score (nSPS) is 22.8. The second kappa shape index (κ2) is 4.69. The molecule has 15 heavy (non-hydrogen) atoms. The SMILES string of the molecule is NC(=O)CN1CCOCC1c1nccs1. The molecular weight excluding hydrogens is 214 g/mol. The van der Waals surface area contributed by atoms with E-state index >= 15 is 0 Å². The van der Waals surface area contributed by atoms with Crippen molar-refractivity contribution >= 4 is 17.2 Å². The van der Waals surface area contributed by atoms with Crippen LogP contribution in [0.5, 0.6) is 0 Å². The highest BCUT2D eigenvalue weighted by atomic mass is 32.1. The van der Waals surface area contributed by atoms with E-state index in [0.717, 1.165) is 11.6 Å². The lowest BCUT2D eigenvalue weighted by molar-refractivity contribution is -0.121. The molecule has 0 bridgehead atoms. The number of hydrogen-bond donors (Lipinski definition) is 1. The summed E-state index contributed by atoms with van der Waals surface area (Å²) >= 11 is 1.58. The van der Waals surface area contributed by atoms with Crippen molar-refractivity contribution in [2.75, 3.05) is 26.3 Å². The van der Waals surface area contributed by atoms with Crippen molar-refractivity contribution in [2.24, 2.45) is 5.73 Å². The van der Waals surface area contributed by atoms with Gasteiger partial charge in [0.05, 0.1) is 25.8 Å². The van der Waals surface area contributed by atoms with Crippen LogP contribution in [0.25, 0.3) is 0 Å². The highest BCUT2D eigenvalue weighted by Gasteiger charge is 2.27. The topological polar surface area (TPSA) is 68.5 Å². The first kappa shape index (κ1) is 10.5. The molecule has 2 heterocycles. The summed E-state index contributed by atoms with van der Waals surface area (Å²) in [5.41, 5.74) is 5.20. The van der Waals surface area contributed by atoms with Gasteiger partial charge in [-0.05, 0) is 0 Å². The quantitative estimate of drug-likeness (QED) is 0.789. The number of nitrogens with two attached hydrogens (primary N) is 1. The van der Waals surface area contributed by atoms with Gasteiger partial charge in [-0.2, -0.15) is 0 Å². The zero-order valence-corrected chi connectivity index (χ0v) is 9.07. The van der Waals surface area contributed by atoms with Gasteiger partial charge in [0.25, 0.3) is 0 Å². The lowest BCUT2D eigenvalue weighted by atomic mass is 10.2. The number of rotatable bonds is 3. The van der Waals surface area contributed by atoms with Gasteiger partial charge < -0.3 is 10.5 Å². The number of thiazole rings is 1. The van der Waals surface area contributed by atoms with E-state index in [2.05, 4.69) is 4.98 Å². The van der Waals surface area contributed by atoms with Gasteiger partial charge in [-0.15, -0.1) is 11.3 Å². The van der Waals surface area contributed by atoms with Crippen LogP contribution in [-0.4, -0.2) is 42.1 Å². The predicted octanol–water partition coefficient (Wildman–Crippen LogP) is 0.00170. The maximum absolute atomic E-state index is 10.9. The first-order chi connectivity index (χ1) is 7.27. The van der Waals surface area contributed by atoms with E-state index < -0.39 is 0 Å². The fraction of sp³-hybridized carbons (Fsp3) is 0.556. The van der Waals surface area contributed by atoms with Crippen LogP contribution in [-0.2, 0) is 9.53 Å². The molecule has 1 atom stereocenters. The van der Waals surface area contributed by atoms with E-state index in [4.69, 9.17) is 10.5 Å². The summed E-state index contributed by atoms with van der Waals surface area (Å²) < 4.78 is 5.39. The van der Waals surface area contributed by atoms with E-state index in [1.54, 1.807) is 17.5 Å². The smallest absolute Gasteiger partial charge is 0.231 e. The lowest BCUT2D eigenvalue weighted by Crippen LogP contribution is -2.43. The molecule has 1 amide bonds. The monoisotopic (exact) mass is 227 g/mol. The molecule has 82 valence electrons. The minimum atomic E-state index is -0.307. The molecule has 1 aromatic heterocycles. The zero-order valence-electron chi connectivity index (χ0n) is 8.26. The highest BCUT2D eigenvalue weighted by molar-refractivity contribution is 7.09. The number of amides is 1. The van der Waals surface area contributed by atoms with Gasteiger partial charge in [-0.25, -0.2) is 4.98 Å². The van der Waals surface area contributed by atoms with Gasteiger partial charge >= 0.3 is 0 Å². The van der Waals surface area contributed by atoms with Crippen molar-refractivity contribution in [1.82, 2.24) is 9.88 Å². The molecule has 1 aromatic rings. The van der Waals surface area contributed by atoms with Gasteiger partial charge in [0, 0.05) is 18.1 Å². The molecule has 2 N–H and O–H groups in total. The Bertz CT molecular complexity index is 328. The summed E-state index contributed by atoms with van der Waals surface area (Å²) in [6.07, 6.45) is 1.76. The molecule has 0 radical (unpaired) electrons. The molecule has 1 unspecified atom stereocenters. The summed E-state index contributed by atoms with van der Waals surface area (Å²) in [6, 6.07) is 0.0752. The van der Waals surface area contributed by atoms with Gasteiger partial charge in [-0.1, -0.05) is 0 Å². The minimum absolute atomic E-state index is 0.0752. The van der Waals surface area contributed by atoms with E-state index in [0.29, 0.717) is 13.2 Å². The molecule has 1 fully saturated rings. The lowest BCUT2D eigenvalue weighted by Gasteiger charge is -2.33. The maximum atomic E-state index is 10.9. The Balaban J connectivity index is 2.09. The van der Waals surface area contributed by atoms with Crippen LogP contribution in [0, 0.1) is 0 Å². The standard InChI is InChI=1S/C9H13N3O2S/c10-8(13)5-12-2-3-14-6-7(12)9-11-1-4-15-9/h1,4,7H,2-3,5-6H2,(H2,10,13). The molecule has 1 aliphatic rings. The number of carbonyl (C=O) groups excluding carboxylic acids is 1. The van der Waals surface area contributed by atoms with Crippen molar-refractivity contribution < 1.29 is 9.53 Å². The van der Waals surface area contributed by atoms with Crippen LogP contribution in [0.3, 0.4) is 0 Å². The average molecular weight is 227 g/mol. The summed E-state index contributed by atoms with van der Waals surface area (Å²) in [7, 11) is 0. The molecule has 0 aliphatic carbocycles. The van der Waals surface area contributed by atoms with Gasteiger partial charge in [0.2, 0.25) is 5.91 Å². The average Bonchev–Trinajstić information content (AvgIpc) is 2.70. The Hall–Kier alpha value is -0.980. The number of hydrogen-bond acceptors (Lipinski definition) is 5. The molecule has 6 heteroatoms. The third kappa shape index (κ3) is 2.53. The third-order valence-electron chi connectivity index (χ3n) is 2.33. The first-order valence-corrected chi connectivity index (χ1v) is 5.65. The third-order valence-corrected chi connectivity index (χ3v) is 3.21. The van der Waals surface area contributed by atoms with Crippen LogP contribution in [0.15, 0.2) is 11.6 Å². The first-order valence-electron chi connectivity index (χ1n) is 4.77. The van der Waals surface area contributed by atoms with E-state index in [-0.39, 0.29) is 18.5 Å². The zero-order chi connectivity index (χ0) is 10.7. The Kier molecular flexibility index (Phi) is 3.30. The number of ether oxygens (including phenoxy) is 1. The summed E-state index contributed by atoms with van der Waals surface area (Å²) in [6.45, 7) is 2.23. The maximum Gasteiger partial charge on any atom is 0.231 e. The highest BCUT2D eigenvalue weighted by Crippen LogP contribution is 2.25. The fourth-order valence-corrected chi connectivity index (χ4v) is 2.41. The molecule has 5 nitrogen and oxygen atoms in total. The molecule has 1 aliphatic heterocycles. The number of morpholine rings is 1. The number of primary amides is 1. The Labute approximate surface area is 91.9 Å². The molecule has 0 aromatic carbocycles. The van der Waals surface area contributed by atoms with Gasteiger partial charge in [-0.3, -0.25) is 9.69 Å². The Morgan fingerprint density at radius 1 is 1.80 bits per heavy atom. The van der Waals surface area contributed by atoms with Crippen molar-refractivity contribution in [1.29, 1.82) is 0 Å². The van der Waals surface area contributed by atoms with Crippen molar-refractivity contribution in [3.63, 3.8) is 0 Å². The number of aromatic nitrogens is 1. The van der Waals surface area contributed by atoms with Crippen LogP contribution in [0.1, 0.15) is 11.0 Å². The Morgan fingerprint density at radius 2 is 2.67 bits per heavy atom. The molecule has 2 rings (SSSR count). The molecule has 1 saturated heterocycles. The molecular formula is C9H13N3O2S. The van der Waals surface area contributed by atoms with Crippen molar-refractivity contribution in [2.45, 2.75) is 6.04 Å². The van der Waals surface area contributed by atoms with Crippen LogP contribution >= 0.6 is 11.3 Å². The predicted molar refractivity (Wildman–Crippen MR) is 56.4 cm³/mol. The van der Waals surface area contributed by atoms with Crippen LogP contribution in [0.4, 0.5) is 0 Å².